The van der Waals surface area contributed by atoms with Gasteiger partial charge in [-0.2, -0.15) is 4.98 Å². The number of aromatic nitrogens is 2. The van der Waals surface area contributed by atoms with Crippen molar-refractivity contribution in [1.29, 1.82) is 0 Å². The third-order valence-corrected chi connectivity index (χ3v) is 3.10. The fourth-order valence-corrected chi connectivity index (χ4v) is 1.88. The molecule has 4 heteroatoms. The van der Waals surface area contributed by atoms with Crippen molar-refractivity contribution in [2.24, 2.45) is 0 Å². The highest BCUT2D eigenvalue weighted by atomic mass is 16.5. The zero-order chi connectivity index (χ0) is 15.2. The molecule has 1 N–H and O–H groups in total. The zero-order valence-corrected chi connectivity index (χ0v) is 13.2. The summed E-state index contributed by atoms with van der Waals surface area (Å²) in [7, 11) is 0. The molecule has 0 saturated carbocycles. The summed E-state index contributed by atoms with van der Waals surface area (Å²) in [6.07, 6.45) is 1.05. The lowest BCUT2D eigenvalue weighted by molar-refractivity contribution is 0.454. The van der Waals surface area contributed by atoms with Crippen LogP contribution in [-0.2, 0) is 0 Å². The number of aryl methyl sites for hydroxylation is 1. The van der Waals surface area contributed by atoms with Crippen LogP contribution in [0.3, 0.4) is 0 Å². The van der Waals surface area contributed by atoms with E-state index in [2.05, 4.69) is 36.1 Å². The second-order valence-electron chi connectivity index (χ2n) is 5.40. The summed E-state index contributed by atoms with van der Waals surface area (Å²) >= 11 is 0. The molecule has 2 rings (SSSR count). The normalized spacial score (nSPS) is 10.7. The maximum atomic E-state index is 5.93. The third kappa shape index (κ3) is 4.18. The van der Waals surface area contributed by atoms with E-state index in [1.807, 2.05) is 37.3 Å². The van der Waals surface area contributed by atoms with Crippen LogP contribution in [-0.4, -0.2) is 16.5 Å². The first-order valence-electron chi connectivity index (χ1n) is 7.46. The number of ether oxygens (including phenoxy) is 1. The van der Waals surface area contributed by atoms with E-state index >= 15 is 0 Å². The highest BCUT2D eigenvalue weighted by Crippen LogP contribution is 2.26. The van der Waals surface area contributed by atoms with Gasteiger partial charge in [0.15, 0.2) is 0 Å². The Balaban J connectivity index is 2.29. The molecule has 0 radical (unpaired) electrons. The van der Waals surface area contributed by atoms with Gasteiger partial charge in [-0.15, -0.1) is 0 Å². The third-order valence-electron chi connectivity index (χ3n) is 3.10. The topological polar surface area (TPSA) is 47.0 Å². The van der Waals surface area contributed by atoms with Gasteiger partial charge in [0, 0.05) is 18.5 Å². The van der Waals surface area contributed by atoms with Gasteiger partial charge in [0.25, 0.3) is 0 Å². The predicted molar refractivity (Wildman–Crippen MR) is 86.2 cm³/mol. The van der Waals surface area contributed by atoms with E-state index in [1.54, 1.807) is 0 Å². The maximum absolute atomic E-state index is 5.93. The van der Waals surface area contributed by atoms with Crippen molar-refractivity contribution in [3.63, 3.8) is 0 Å². The molecule has 0 aliphatic heterocycles. The molecule has 0 fully saturated rings. The Kier molecular flexibility index (Phi) is 5.14. The van der Waals surface area contributed by atoms with Crippen molar-refractivity contribution in [3.8, 4) is 11.6 Å². The molecule has 0 unspecified atom stereocenters. The number of hydrogen-bond acceptors (Lipinski definition) is 4. The molecule has 112 valence electrons. The standard InChI is InChI=1S/C17H23N3O/c1-5-10-18-15-11-16(20-17(19-15)12(2)3)21-14-9-7-6-8-13(14)4/h6-9,11-12H,5,10H2,1-4H3,(H,18,19,20). The van der Waals surface area contributed by atoms with Gasteiger partial charge in [0.2, 0.25) is 5.88 Å². The van der Waals surface area contributed by atoms with Crippen molar-refractivity contribution in [2.45, 2.75) is 40.0 Å². The maximum Gasteiger partial charge on any atom is 0.224 e. The Morgan fingerprint density at radius 1 is 1.19 bits per heavy atom. The number of para-hydroxylation sites is 1. The van der Waals surface area contributed by atoms with E-state index in [9.17, 15) is 0 Å². The van der Waals surface area contributed by atoms with Crippen LogP contribution < -0.4 is 10.1 Å². The first-order valence-corrected chi connectivity index (χ1v) is 7.46. The lowest BCUT2D eigenvalue weighted by atomic mass is 10.2. The van der Waals surface area contributed by atoms with Crippen molar-refractivity contribution in [2.75, 3.05) is 11.9 Å². The Hall–Kier alpha value is -2.10. The average Bonchev–Trinajstić information content (AvgIpc) is 2.47. The van der Waals surface area contributed by atoms with Gasteiger partial charge in [0.1, 0.15) is 17.4 Å². The molecule has 0 amide bonds. The summed E-state index contributed by atoms with van der Waals surface area (Å²) in [5.74, 6) is 3.28. The van der Waals surface area contributed by atoms with Gasteiger partial charge < -0.3 is 10.1 Å². The summed E-state index contributed by atoms with van der Waals surface area (Å²) in [6, 6.07) is 9.79. The van der Waals surface area contributed by atoms with Crippen molar-refractivity contribution < 1.29 is 4.74 Å². The van der Waals surface area contributed by atoms with Gasteiger partial charge in [-0.25, -0.2) is 4.98 Å². The number of benzene rings is 1. The second kappa shape index (κ2) is 7.07. The van der Waals surface area contributed by atoms with Crippen LogP contribution in [0, 0.1) is 6.92 Å². The molecule has 2 aromatic rings. The van der Waals surface area contributed by atoms with Crippen molar-refractivity contribution >= 4 is 5.82 Å². The largest absolute Gasteiger partial charge is 0.439 e. The smallest absolute Gasteiger partial charge is 0.224 e. The van der Waals surface area contributed by atoms with Crippen LogP contribution in [0.4, 0.5) is 5.82 Å². The molecular weight excluding hydrogens is 262 g/mol. The molecule has 4 nitrogen and oxygen atoms in total. The summed E-state index contributed by atoms with van der Waals surface area (Å²) in [5, 5.41) is 3.30. The molecule has 1 aromatic carbocycles. The zero-order valence-electron chi connectivity index (χ0n) is 13.2. The summed E-state index contributed by atoms with van der Waals surface area (Å²) < 4.78 is 5.93. The minimum atomic E-state index is 0.257. The van der Waals surface area contributed by atoms with E-state index in [0.717, 1.165) is 35.9 Å². The predicted octanol–water partition coefficient (Wildman–Crippen LogP) is 4.52. The minimum Gasteiger partial charge on any atom is -0.439 e. The lowest BCUT2D eigenvalue weighted by Gasteiger charge is -2.13. The van der Waals surface area contributed by atoms with Gasteiger partial charge in [0.05, 0.1) is 0 Å². The molecule has 0 spiro atoms. The second-order valence-corrected chi connectivity index (χ2v) is 5.40. The molecule has 1 aromatic heterocycles. The Labute approximate surface area is 126 Å². The van der Waals surface area contributed by atoms with E-state index in [4.69, 9.17) is 4.74 Å². The van der Waals surface area contributed by atoms with Crippen molar-refractivity contribution in [3.05, 3.63) is 41.7 Å². The van der Waals surface area contributed by atoms with Crippen LogP contribution in [0.1, 0.15) is 44.5 Å². The quantitative estimate of drug-likeness (QED) is 0.847. The first kappa shape index (κ1) is 15.3. The number of anilines is 1. The average molecular weight is 285 g/mol. The van der Waals surface area contributed by atoms with Crippen LogP contribution in [0.5, 0.6) is 11.6 Å². The summed E-state index contributed by atoms with van der Waals surface area (Å²) in [4.78, 5) is 9.04. The Morgan fingerprint density at radius 2 is 1.95 bits per heavy atom. The van der Waals surface area contributed by atoms with Gasteiger partial charge in [-0.3, -0.25) is 0 Å². The monoisotopic (exact) mass is 285 g/mol. The highest BCUT2D eigenvalue weighted by Gasteiger charge is 2.10. The van der Waals surface area contributed by atoms with E-state index in [1.165, 1.54) is 0 Å². The minimum absolute atomic E-state index is 0.257. The van der Waals surface area contributed by atoms with Gasteiger partial charge >= 0.3 is 0 Å². The van der Waals surface area contributed by atoms with Crippen LogP contribution >= 0.6 is 0 Å². The number of nitrogens with zero attached hydrogens (tertiary/aromatic N) is 2. The number of nitrogens with one attached hydrogen (secondary N) is 1. The SMILES string of the molecule is CCCNc1cc(Oc2ccccc2C)nc(C(C)C)n1. The molecule has 0 aliphatic carbocycles. The number of rotatable bonds is 6. The Morgan fingerprint density at radius 3 is 2.62 bits per heavy atom. The highest BCUT2D eigenvalue weighted by molar-refractivity contribution is 5.41. The fourth-order valence-electron chi connectivity index (χ4n) is 1.88. The molecule has 0 atom stereocenters. The van der Waals surface area contributed by atoms with Crippen LogP contribution in [0.15, 0.2) is 30.3 Å². The van der Waals surface area contributed by atoms with Gasteiger partial charge in [-0.05, 0) is 25.0 Å². The van der Waals surface area contributed by atoms with Crippen LogP contribution in [0.2, 0.25) is 0 Å². The first-order chi connectivity index (χ1) is 10.1. The molecular formula is C17H23N3O. The van der Waals surface area contributed by atoms with E-state index in [0.29, 0.717) is 5.88 Å². The molecule has 0 aliphatic rings. The van der Waals surface area contributed by atoms with Gasteiger partial charge in [-0.1, -0.05) is 39.0 Å². The van der Waals surface area contributed by atoms with E-state index < -0.39 is 0 Å². The van der Waals surface area contributed by atoms with Crippen LogP contribution in [0.25, 0.3) is 0 Å². The Bertz CT molecular complexity index is 596. The number of hydrogen-bond donors (Lipinski definition) is 1. The summed E-state index contributed by atoms with van der Waals surface area (Å²) in [5.41, 5.74) is 1.09. The molecule has 0 bridgehead atoms. The van der Waals surface area contributed by atoms with Crippen molar-refractivity contribution in [1.82, 2.24) is 9.97 Å². The van der Waals surface area contributed by atoms with E-state index in [-0.39, 0.29) is 5.92 Å². The molecule has 1 heterocycles. The summed E-state index contributed by atoms with van der Waals surface area (Å²) in [6.45, 7) is 9.20. The fraction of sp³-hybridized carbons (Fsp3) is 0.412. The lowest BCUT2D eigenvalue weighted by Crippen LogP contribution is -2.07. The molecule has 0 saturated heterocycles. The molecule has 21 heavy (non-hydrogen) atoms.